The number of nitrogens with zero attached hydrogens (tertiary/aromatic N) is 1. The van der Waals surface area contributed by atoms with Gasteiger partial charge in [0.1, 0.15) is 11.4 Å². The van der Waals surface area contributed by atoms with Gasteiger partial charge in [0.05, 0.1) is 0 Å². The van der Waals surface area contributed by atoms with Crippen LogP contribution in [0.4, 0.5) is 5.13 Å². The third-order valence-electron chi connectivity index (χ3n) is 3.38. The summed E-state index contributed by atoms with van der Waals surface area (Å²) in [6.07, 6.45) is 0.803. The molecule has 0 radical (unpaired) electrons. The Morgan fingerprint density at radius 2 is 2.00 bits per heavy atom. The van der Waals surface area contributed by atoms with Crippen molar-refractivity contribution in [1.29, 1.82) is 0 Å². The Kier molecular flexibility index (Phi) is 4.99. The minimum Gasteiger partial charge on any atom is -0.445 e. The Morgan fingerprint density at radius 1 is 1.28 bits per heavy atom. The van der Waals surface area contributed by atoms with Gasteiger partial charge in [-0.1, -0.05) is 32.0 Å². The number of furan rings is 1. The molecule has 1 unspecified atom stereocenters. The molecule has 0 aliphatic rings. The van der Waals surface area contributed by atoms with Gasteiger partial charge in [0.15, 0.2) is 10.9 Å². The van der Waals surface area contributed by atoms with E-state index >= 15 is 0 Å². The Morgan fingerprint density at radius 3 is 2.68 bits per heavy atom. The van der Waals surface area contributed by atoms with Gasteiger partial charge in [0, 0.05) is 4.88 Å². The maximum absolute atomic E-state index is 12.5. The lowest BCUT2D eigenvalue weighted by atomic mass is 10.1. The quantitative estimate of drug-likeness (QED) is 0.627. The normalized spacial score (nSPS) is 13.8. The zero-order chi connectivity index (χ0) is 18.0. The average molecular weight is 378 g/mol. The van der Waals surface area contributed by atoms with Gasteiger partial charge in [0.25, 0.3) is 0 Å². The van der Waals surface area contributed by atoms with Crippen LogP contribution in [0.3, 0.4) is 0 Å². The van der Waals surface area contributed by atoms with Gasteiger partial charge < -0.3 is 19.6 Å². The van der Waals surface area contributed by atoms with Gasteiger partial charge in [-0.05, 0) is 36.6 Å². The van der Waals surface area contributed by atoms with E-state index in [-0.39, 0.29) is 5.50 Å². The predicted octanol–water partition coefficient (Wildman–Crippen LogP) is 4.07. The van der Waals surface area contributed by atoms with Crippen LogP contribution in [0, 0.1) is 5.92 Å². The molecule has 2 heterocycles. The van der Waals surface area contributed by atoms with Crippen molar-refractivity contribution in [3.05, 3.63) is 47.3 Å². The van der Waals surface area contributed by atoms with Crippen molar-refractivity contribution in [2.24, 2.45) is 5.92 Å². The zero-order valence-corrected chi connectivity index (χ0v) is 15.6. The summed E-state index contributed by atoms with van der Waals surface area (Å²) in [6, 6.07) is 11.5. The number of hydrogen-bond acceptors (Lipinski definition) is 6. The topological polar surface area (TPSA) is 98.6 Å². The minimum absolute atomic E-state index is 0.131. The van der Waals surface area contributed by atoms with Crippen molar-refractivity contribution in [1.82, 2.24) is 4.98 Å². The molecule has 0 bridgehead atoms. The minimum atomic E-state index is -4.12. The third-order valence-corrected chi connectivity index (χ3v) is 5.55. The molecule has 0 fully saturated rings. The van der Waals surface area contributed by atoms with Crippen LogP contribution in [0.1, 0.15) is 18.7 Å². The van der Waals surface area contributed by atoms with Crippen LogP contribution < -0.4 is 15.8 Å². The standard InChI is InChI=1S/C17H19N2O4PS/c1-11(2)10-14-16(19-17(18)25-14)13-8-9-15(22-13)24(20,21)23-12-6-4-3-5-7-12/h3-9,11H,10H2,1-2H3,(H2,18,19)(H,20,21). The summed E-state index contributed by atoms with van der Waals surface area (Å²) in [5.74, 6) is 1.13. The van der Waals surface area contributed by atoms with Gasteiger partial charge in [0.2, 0.25) is 5.50 Å². The highest BCUT2D eigenvalue weighted by Gasteiger charge is 2.30. The predicted molar refractivity (Wildman–Crippen MR) is 99.3 cm³/mol. The smallest absolute Gasteiger partial charge is 0.443 e. The number of para-hydroxylation sites is 1. The van der Waals surface area contributed by atoms with E-state index in [1.165, 1.54) is 17.4 Å². The number of nitrogen functional groups attached to an aromatic ring is 1. The molecule has 8 heteroatoms. The highest BCUT2D eigenvalue weighted by molar-refractivity contribution is 7.61. The van der Waals surface area contributed by atoms with E-state index in [0.29, 0.717) is 28.3 Å². The lowest BCUT2D eigenvalue weighted by molar-refractivity contribution is 0.383. The number of thiazole rings is 1. The van der Waals surface area contributed by atoms with Crippen molar-refractivity contribution < 1.29 is 18.4 Å². The fourth-order valence-electron chi connectivity index (χ4n) is 2.35. The van der Waals surface area contributed by atoms with Crippen molar-refractivity contribution >= 4 is 29.6 Å². The zero-order valence-electron chi connectivity index (χ0n) is 13.9. The Labute approximate surface area is 149 Å². The van der Waals surface area contributed by atoms with Gasteiger partial charge in [-0.25, -0.2) is 9.55 Å². The number of nitrogens with two attached hydrogens (primary N) is 1. The first-order chi connectivity index (χ1) is 11.8. The molecule has 0 saturated heterocycles. The summed E-state index contributed by atoms with van der Waals surface area (Å²) in [4.78, 5) is 15.5. The molecule has 3 rings (SSSR count). The molecule has 0 spiro atoms. The highest BCUT2D eigenvalue weighted by atomic mass is 32.1. The molecular formula is C17H19N2O4PS. The largest absolute Gasteiger partial charge is 0.445 e. The van der Waals surface area contributed by atoms with Crippen molar-refractivity contribution in [3.63, 3.8) is 0 Å². The van der Waals surface area contributed by atoms with E-state index < -0.39 is 7.60 Å². The molecule has 0 amide bonds. The lowest BCUT2D eigenvalue weighted by Crippen LogP contribution is -2.06. The molecule has 1 aromatic carbocycles. The molecule has 3 aromatic rings. The second kappa shape index (κ2) is 7.04. The summed E-state index contributed by atoms with van der Waals surface area (Å²) >= 11 is 1.40. The maximum atomic E-state index is 12.5. The Balaban J connectivity index is 1.89. The summed E-state index contributed by atoms with van der Waals surface area (Å²) < 4.78 is 23.3. The molecular weight excluding hydrogens is 359 g/mol. The monoisotopic (exact) mass is 378 g/mol. The first-order valence-corrected chi connectivity index (χ1v) is 10.2. The summed E-state index contributed by atoms with van der Waals surface area (Å²) in [5, 5.41) is 0.441. The molecule has 3 N–H and O–H groups in total. The maximum Gasteiger partial charge on any atom is 0.443 e. The van der Waals surface area contributed by atoms with E-state index in [1.54, 1.807) is 36.4 Å². The molecule has 2 aromatic heterocycles. The van der Waals surface area contributed by atoms with Crippen molar-refractivity contribution in [3.8, 4) is 17.2 Å². The van der Waals surface area contributed by atoms with Crippen molar-refractivity contribution in [2.45, 2.75) is 20.3 Å². The number of hydrogen-bond donors (Lipinski definition) is 2. The van der Waals surface area contributed by atoms with E-state index in [4.69, 9.17) is 14.7 Å². The van der Waals surface area contributed by atoms with E-state index in [2.05, 4.69) is 18.8 Å². The van der Waals surface area contributed by atoms with E-state index in [0.717, 1.165) is 11.3 Å². The van der Waals surface area contributed by atoms with Crippen LogP contribution in [0.15, 0.2) is 46.9 Å². The Bertz CT molecular complexity index is 905. The first kappa shape index (κ1) is 17.7. The van der Waals surface area contributed by atoms with Gasteiger partial charge in [-0.3, -0.25) is 0 Å². The number of aromatic nitrogens is 1. The molecule has 6 nitrogen and oxygen atoms in total. The summed E-state index contributed by atoms with van der Waals surface area (Å²) in [6.45, 7) is 4.20. The second-order valence-corrected chi connectivity index (χ2v) is 8.76. The highest BCUT2D eigenvalue weighted by Crippen LogP contribution is 2.43. The van der Waals surface area contributed by atoms with E-state index in [1.807, 2.05) is 0 Å². The van der Waals surface area contributed by atoms with Crippen LogP contribution in [0.25, 0.3) is 11.5 Å². The van der Waals surface area contributed by atoms with Gasteiger partial charge >= 0.3 is 7.60 Å². The lowest BCUT2D eigenvalue weighted by Gasteiger charge is -2.10. The number of benzene rings is 1. The molecule has 25 heavy (non-hydrogen) atoms. The van der Waals surface area contributed by atoms with Gasteiger partial charge in [-0.15, -0.1) is 11.3 Å². The fraction of sp³-hybridized carbons (Fsp3) is 0.235. The average Bonchev–Trinajstić information content (AvgIpc) is 3.14. The molecule has 0 aliphatic heterocycles. The van der Waals surface area contributed by atoms with E-state index in [9.17, 15) is 9.46 Å². The van der Waals surface area contributed by atoms with Crippen LogP contribution >= 0.6 is 18.9 Å². The van der Waals surface area contributed by atoms with Crippen LogP contribution in [-0.4, -0.2) is 9.88 Å². The number of rotatable bonds is 6. The fourth-order valence-corrected chi connectivity index (χ4v) is 4.37. The Hall–Kier alpha value is -2.08. The van der Waals surface area contributed by atoms with Crippen molar-refractivity contribution in [2.75, 3.05) is 5.73 Å². The summed E-state index contributed by atoms with van der Waals surface area (Å²) in [5.41, 5.74) is 6.31. The molecule has 1 atom stereocenters. The molecule has 0 saturated carbocycles. The van der Waals surface area contributed by atoms with Gasteiger partial charge in [-0.2, -0.15) is 0 Å². The number of anilines is 1. The third kappa shape index (κ3) is 4.12. The van der Waals surface area contributed by atoms with Crippen LogP contribution in [0.5, 0.6) is 5.75 Å². The first-order valence-electron chi connectivity index (χ1n) is 7.78. The molecule has 132 valence electrons. The van der Waals surface area contributed by atoms with Crippen LogP contribution in [-0.2, 0) is 11.0 Å². The summed E-state index contributed by atoms with van der Waals surface area (Å²) in [7, 11) is -4.12. The SMILES string of the molecule is CC(C)Cc1sc(N)nc1-c1ccc(P(=O)(O)Oc2ccccc2)o1. The second-order valence-electron chi connectivity index (χ2n) is 5.98. The van der Waals surface area contributed by atoms with Crippen LogP contribution in [0.2, 0.25) is 0 Å². The molecule has 0 aliphatic carbocycles.